The largest absolute Gasteiger partial charge is 0.448 e. The van der Waals surface area contributed by atoms with Crippen molar-refractivity contribution in [2.75, 3.05) is 13.2 Å². The number of benzene rings is 3. The highest BCUT2D eigenvalue weighted by Gasteiger charge is 2.41. The summed E-state index contributed by atoms with van der Waals surface area (Å²) in [6.07, 6.45) is -0.508. The topological polar surface area (TPSA) is 98.9 Å². The van der Waals surface area contributed by atoms with Gasteiger partial charge in [0.05, 0.1) is 6.54 Å². The van der Waals surface area contributed by atoms with E-state index < -0.39 is 36.2 Å². The molecule has 0 spiro atoms. The van der Waals surface area contributed by atoms with Crippen LogP contribution in [0.2, 0.25) is 0 Å². The predicted octanol–water partition coefficient (Wildman–Crippen LogP) is 4.68. The SMILES string of the molecule is CC(C)(C)N(C(=O)OCC1c2ccccc2-c2ccccc21)[C@@H](Cc1ccccc1)C(=O)OC(=O)CN. The molecule has 192 valence electrons. The van der Waals surface area contributed by atoms with Crippen molar-refractivity contribution in [2.45, 2.75) is 44.7 Å². The van der Waals surface area contributed by atoms with Crippen molar-refractivity contribution in [3.05, 3.63) is 95.6 Å². The third-order valence-corrected chi connectivity index (χ3v) is 6.49. The van der Waals surface area contributed by atoms with E-state index >= 15 is 0 Å². The minimum Gasteiger partial charge on any atom is -0.448 e. The lowest BCUT2D eigenvalue weighted by Gasteiger charge is -2.39. The first-order chi connectivity index (χ1) is 17.7. The van der Waals surface area contributed by atoms with Crippen LogP contribution in [-0.2, 0) is 25.5 Å². The fourth-order valence-corrected chi connectivity index (χ4v) is 4.87. The van der Waals surface area contributed by atoms with E-state index in [0.717, 1.165) is 27.8 Å². The van der Waals surface area contributed by atoms with E-state index in [-0.39, 0.29) is 18.9 Å². The molecule has 0 heterocycles. The number of esters is 2. The van der Waals surface area contributed by atoms with Gasteiger partial charge in [-0.05, 0) is 48.6 Å². The Hall–Kier alpha value is -3.97. The second kappa shape index (κ2) is 11.0. The summed E-state index contributed by atoms with van der Waals surface area (Å²) in [5.74, 6) is -1.83. The highest BCUT2D eigenvalue weighted by Crippen LogP contribution is 2.44. The quantitative estimate of drug-likeness (QED) is 0.374. The van der Waals surface area contributed by atoms with Crippen molar-refractivity contribution in [1.82, 2.24) is 4.90 Å². The molecule has 1 aliphatic rings. The summed E-state index contributed by atoms with van der Waals surface area (Å²) in [6.45, 7) is 5.10. The molecule has 2 N–H and O–H groups in total. The van der Waals surface area contributed by atoms with E-state index in [1.807, 2.05) is 87.5 Å². The Morgan fingerprint density at radius 3 is 1.95 bits per heavy atom. The molecular weight excluding hydrogens is 468 g/mol. The first-order valence-electron chi connectivity index (χ1n) is 12.3. The standard InChI is InChI=1S/C30H32N2O5/c1-30(2,3)32(26(28(34)37-27(33)18-31)17-20-11-5-4-6-12-20)29(35)36-19-25-23-15-9-7-13-21(23)22-14-8-10-16-24(22)25/h4-16,25-26H,17-19,31H2,1-3H3/t26-/m0/s1. The molecule has 3 aromatic rings. The van der Waals surface area contributed by atoms with Crippen LogP contribution in [0.15, 0.2) is 78.9 Å². The number of carbonyl (C=O) groups excluding carboxylic acids is 3. The molecule has 1 amide bonds. The van der Waals surface area contributed by atoms with Gasteiger partial charge in [0.2, 0.25) is 0 Å². The first-order valence-corrected chi connectivity index (χ1v) is 12.3. The van der Waals surface area contributed by atoms with E-state index in [4.69, 9.17) is 15.2 Å². The van der Waals surface area contributed by atoms with Gasteiger partial charge in [0.1, 0.15) is 12.6 Å². The number of nitrogens with zero attached hydrogens (tertiary/aromatic N) is 1. The minimum atomic E-state index is -1.09. The summed E-state index contributed by atoms with van der Waals surface area (Å²) < 4.78 is 10.9. The average molecular weight is 501 g/mol. The fourth-order valence-electron chi connectivity index (χ4n) is 4.87. The number of hydrogen-bond acceptors (Lipinski definition) is 6. The molecule has 37 heavy (non-hydrogen) atoms. The number of carbonyl (C=O) groups is 3. The number of ether oxygens (including phenoxy) is 2. The van der Waals surface area contributed by atoms with Gasteiger partial charge >= 0.3 is 18.0 Å². The van der Waals surface area contributed by atoms with E-state index in [2.05, 4.69) is 12.1 Å². The molecule has 0 fully saturated rings. The summed E-state index contributed by atoms with van der Waals surface area (Å²) in [5, 5.41) is 0. The van der Waals surface area contributed by atoms with Crippen LogP contribution in [0.25, 0.3) is 11.1 Å². The third-order valence-electron chi connectivity index (χ3n) is 6.49. The van der Waals surface area contributed by atoms with Gasteiger partial charge in [-0.15, -0.1) is 0 Å². The van der Waals surface area contributed by atoms with Crippen molar-refractivity contribution in [3.63, 3.8) is 0 Å². The number of nitrogens with two attached hydrogens (primary N) is 1. The molecule has 1 aliphatic carbocycles. The first kappa shape index (κ1) is 26.1. The van der Waals surface area contributed by atoms with E-state index in [1.54, 1.807) is 0 Å². The zero-order chi connectivity index (χ0) is 26.6. The van der Waals surface area contributed by atoms with Crippen molar-refractivity contribution < 1.29 is 23.9 Å². The maximum absolute atomic E-state index is 13.6. The molecular formula is C30H32N2O5. The molecule has 0 saturated heterocycles. The second-order valence-corrected chi connectivity index (χ2v) is 10.0. The number of fused-ring (bicyclic) bond motifs is 3. The average Bonchev–Trinajstić information content (AvgIpc) is 3.20. The van der Waals surface area contributed by atoms with Gasteiger partial charge in [0.15, 0.2) is 0 Å². The van der Waals surface area contributed by atoms with Crippen molar-refractivity contribution in [2.24, 2.45) is 5.73 Å². The number of rotatable bonds is 7. The molecule has 0 radical (unpaired) electrons. The molecule has 0 unspecified atom stereocenters. The molecule has 0 bridgehead atoms. The Bertz CT molecular complexity index is 1240. The molecule has 0 aliphatic heterocycles. The lowest BCUT2D eigenvalue weighted by Crippen LogP contribution is -2.56. The van der Waals surface area contributed by atoms with Crippen molar-refractivity contribution in [1.29, 1.82) is 0 Å². The van der Waals surface area contributed by atoms with Crippen molar-refractivity contribution >= 4 is 18.0 Å². The van der Waals surface area contributed by atoms with Crippen LogP contribution in [-0.4, -0.2) is 47.7 Å². The lowest BCUT2D eigenvalue weighted by atomic mass is 9.97. The summed E-state index contributed by atoms with van der Waals surface area (Å²) in [6, 6.07) is 24.3. The van der Waals surface area contributed by atoms with Gasteiger partial charge in [0, 0.05) is 17.9 Å². The Balaban J connectivity index is 1.61. The summed E-state index contributed by atoms with van der Waals surface area (Å²) in [5.41, 5.74) is 9.78. The van der Waals surface area contributed by atoms with Crippen LogP contribution < -0.4 is 5.73 Å². The minimum absolute atomic E-state index is 0.105. The number of hydrogen-bond donors (Lipinski definition) is 1. The van der Waals surface area contributed by atoms with Crippen LogP contribution in [0.1, 0.15) is 43.4 Å². The van der Waals surface area contributed by atoms with Crippen LogP contribution in [0.3, 0.4) is 0 Å². The Morgan fingerprint density at radius 2 is 1.41 bits per heavy atom. The van der Waals surface area contributed by atoms with Crippen molar-refractivity contribution in [3.8, 4) is 11.1 Å². The highest BCUT2D eigenvalue weighted by atomic mass is 16.6. The molecule has 4 rings (SSSR count). The maximum atomic E-state index is 13.6. The fraction of sp³-hybridized carbons (Fsp3) is 0.300. The van der Waals surface area contributed by atoms with Crippen LogP contribution in [0.4, 0.5) is 4.79 Å². The smallest absolute Gasteiger partial charge is 0.410 e. The van der Waals surface area contributed by atoms with Crippen LogP contribution in [0, 0.1) is 0 Å². The van der Waals surface area contributed by atoms with Gasteiger partial charge in [-0.3, -0.25) is 9.69 Å². The predicted molar refractivity (Wildman–Crippen MR) is 141 cm³/mol. The Morgan fingerprint density at radius 1 is 0.865 bits per heavy atom. The van der Waals surface area contributed by atoms with E-state index in [1.165, 1.54) is 4.90 Å². The Labute approximate surface area is 217 Å². The van der Waals surface area contributed by atoms with Gasteiger partial charge in [0.25, 0.3) is 0 Å². The molecule has 0 saturated carbocycles. The van der Waals surface area contributed by atoms with E-state index in [9.17, 15) is 14.4 Å². The zero-order valence-corrected chi connectivity index (χ0v) is 21.3. The van der Waals surface area contributed by atoms with Gasteiger partial charge in [-0.25, -0.2) is 9.59 Å². The molecule has 7 nitrogen and oxygen atoms in total. The van der Waals surface area contributed by atoms with E-state index in [0.29, 0.717) is 0 Å². The normalized spacial score (nSPS) is 13.3. The van der Waals surface area contributed by atoms with Gasteiger partial charge in [-0.1, -0.05) is 78.9 Å². The summed E-state index contributed by atoms with van der Waals surface area (Å²) in [7, 11) is 0. The summed E-state index contributed by atoms with van der Waals surface area (Å²) >= 11 is 0. The van der Waals surface area contributed by atoms with Gasteiger partial charge < -0.3 is 15.2 Å². The molecule has 7 heteroatoms. The molecule has 1 atom stereocenters. The zero-order valence-electron chi connectivity index (χ0n) is 21.3. The number of amides is 1. The van der Waals surface area contributed by atoms with Gasteiger partial charge in [-0.2, -0.15) is 0 Å². The van der Waals surface area contributed by atoms with Crippen LogP contribution >= 0.6 is 0 Å². The lowest BCUT2D eigenvalue weighted by molar-refractivity contribution is -0.163. The second-order valence-electron chi connectivity index (χ2n) is 10.0. The maximum Gasteiger partial charge on any atom is 0.410 e. The monoisotopic (exact) mass is 500 g/mol. The van der Waals surface area contributed by atoms with Crippen LogP contribution in [0.5, 0.6) is 0 Å². The highest BCUT2D eigenvalue weighted by molar-refractivity contribution is 5.91. The summed E-state index contributed by atoms with van der Waals surface area (Å²) in [4.78, 5) is 40.0. The third kappa shape index (κ3) is 5.73. The molecule has 0 aromatic heterocycles. The molecule has 3 aromatic carbocycles. The Kier molecular flexibility index (Phi) is 7.74.